The van der Waals surface area contributed by atoms with Gasteiger partial charge in [-0.1, -0.05) is 34.8 Å². The van der Waals surface area contributed by atoms with E-state index >= 15 is 0 Å². The van der Waals surface area contributed by atoms with E-state index in [0.717, 1.165) is 23.2 Å². The summed E-state index contributed by atoms with van der Waals surface area (Å²) in [6.07, 6.45) is 2.55. The highest BCUT2D eigenvalue weighted by molar-refractivity contribution is 6.41. The Morgan fingerprint density at radius 3 is 2.56 bits per heavy atom. The lowest BCUT2D eigenvalue weighted by Gasteiger charge is -2.32. The number of anilines is 1. The van der Waals surface area contributed by atoms with Crippen LogP contribution in [0.4, 0.5) is 10.5 Å². The van der Waals surface area contributed by atoms with Crippen LogP contribution in [0, 0.1) is 0 Å². The van der Waals surface area contributed by atoms with Crippen molar-refractivity contribution in [3.63, 3.8) is 0 Å². The van der Waals surface area contributed by atoms with Crippen LogP contribution >= 0.6 is 34.8 Å². The first-order valence-corrected chi connectivity index (χ1v) is 9.36. The largest absolute Gasteiger partial charge is 0.453 e. The first-order valence-electron chi connectivity index (χ1n) is 8.23. The number of nitrogens with one attached hydrogen (secondary N) is 1. The molecule has 0 unspecified atom stereocenters. The second-order valence-electron chi connectivity index (χ2n) is 6.06. The molecule has 0 radical (unpaired) electrons. The summed E-state index contributed by atoms with van der Waals surface area (Å²) in [7, 11) is 1.38. The normalized spacial score (nSPS) is 14.9. The van der Waals surface area contributed by atoms with Crippen molar-refractivity contribution in [1.29, 1.82) is 0 Å². The van der Waals surface area contributed by atoms with Gasteiger partial charge in [0.1, 0.15) is 5.02 Å². The highest BCUT2D eigenvalue weighted by Crippen LogP contribution is 2.27. The molecule has 3 rings (SSSR count). The lowest BCUT2D eigenvalue weighted by molar-refractivity contribution is 0.113. The maximum atomic E-state index is 12.2. The first kappa shape index (κ1) is 19.8. The van der Waals surface area contributed by atoms with E-state index in [1.165, 1.54) is 13.3 Å². The van der Waals surface area contributed by atoms with Gasteiger partial charge in [0.05, 0.1) is 34.7 Å². The minimum Gasteiger partial charge on any atom is -0.453 e. The van der Waals surface area contributed by atoms with Gasteiger partial charge in [0.15, 0.2) is 0 Å². The van der Waals surface area contributed by atoms with Gasteiger partial charge in [-0.2, -0.15) is 9.78 Å². The molecule has 1 amide bonds. The van der Waals surface area contributed by atoms with Gasteiger partial charge in [0.2, 0.25) is 0 Å². The number of hydrogen-bond acceptors (Lipinski definition) is 5. The van der Waals surface area contributed by atoms with E-state index in [-0.39, 0.29) is 22.2 Å². The van der Waals surface area contributed by atoms with Crippen LogP contribution in [0.3, 0.4) is 0 Å². The summed E-state index contributed by atoms with van der Waals surface area (Å²) in [6.45, 7) is 1.23. The fourth-order valence-corrected chi connectivity index (χ4v) is 3.39. The number of hydrogen-bond donors (Lipinski definition) is 1. The third kappa shape index (κ3) is 4.31. The first-order chi connectivity index (χ1) is 12.9. The van der Waals surface area contributed by atoms with Crippen LogP contribution in [0.15, 0.2) is 29.2 Å². The summed E-state index contributed by atoms with van der Waals surface area (Å²) < 4.78 is 5.87. The predicted octanol–water partition coefficient (Wildman–Crippen LogP) is 3.84. The Balaban J connectivity index is 1.72. The van der Waals surface area contributed by atoms with Gasteiger partial charge >= 0.3 is 6.09 Å². The Hall–Kier alpha value is -1.96. The van der Waals surface area contributed by atoms with Gasteiger partial charge in [-0.15, -0.1) is 0 Å². The van der Waals surface area contributed by atoms with Crippen LogP contribution in [0.2, 0.25) is 15.1 Å². The molecule has 2 aromatic rings. The second kappa shape index (κ2) is 8.37. The minimum atomic E-state index is -0.517. The second-order valence-corrected chi connectivity index (χ2v) is 7.26. The standard InChI is InChI=1S/C17H17Cl3N4O3/c1-27-17(26)23-6-4-10(5-7-23)22-14-3-2-11(8-12(14)18)24-16(25)15(20)13(19)9-21-24/h2-3,8-10,22H,4-7H2,1H3. The number of halogens is 3. The summed E-state index contributed by atoms with van der Waals surface area (Å²) in [4.78, 5) is 25.4. The molecule has 0 bridgehead atoms. The van der Waals surface area contributed by atoms with E-state index < -0.39 is 5.56 Å². The molecular weight excluding hydrogens is 415 g/mol. The molecule has 10 heteroatoms. The molecule has 0 atom stereocenters. The molecule has 1 aromatic carbocycles. The molecule has 1 aliphatic heterocycles. The van der Waals surface area contributed by atoms with Crippen LogP contribution in [0.5, 0.6) is 0 Å². The summed E-state index contributed by atoms with van der Waals surface area (Å²) in [5.74, 6) is 0. The van der Waals surface area contributed by atoms with Crippen LogP contribution < -0.4 is 10.9 Å². The molecule has 1 aliphatic rings. The van der Waals surface area contributed by atoms with E-state index in [9.17, 15) is 9.59 Å². The quantitative estimate of drug-likeness (QED) is 0.799. The smallest absolute Gasteiger partial charge is 0.409 e. The monoisotopic (exact) mass is 430 g/mol. The summed E-state index contributed by atoms with van der Waals surface area (Å²) in [6, 6.07) is 5.31. The molecule has 1 aromatic heterocycles. The van der Waals surface area contributed by atoms with Crippen molar-refractivity contribution in [3.05, 3.63) is 49.8 Å². The van der Waals surface area contributed by atoms with Crippen LogP contribution in [0.1, 0.15) is 12.8 Å². The lowest BCUT2D eigenvalue weighted by Crippen LogP contribution is -2.42. The van der Waals surface area contributed by atoms with E-state index in [0.29, 0.717) is 23.8 Å². The number of rotatable bonds is 3. The van der Waals surface area contributed by atoms with Crippen molar-refractivity contribution in [2.75, 3.05) is 25.5 Å². The third-order valence-corrected chi connectivity index (χ3v) is 5.42. The average molecular weight is 432 g/mol. The Labute approximate surface area is 170 Å². The Kier molecular flexibility index (Phi) is 6.14. The van der Waals surface area contributed by atoms with Gasteiger partial charge in [-0.25, -0.2) is 4.79 Å². The number of carbonyl (C=O) groups excluding carboxylic acids is 1. The van der Waals surface area contributed by atoms with Crippen molar-refractivity contribution in [2.24, 2.45) is 0 Å². The maximum absolute atomic E-state index is 12.2. The van der Waals surface area contributed by atoms with E-state index in [1.54, 1.807) is 23.1 Å². The van der Waals surface area contributed by atoms with Crippen molar-refractivity contribution < 1.29 is 9.53 Å². The SMILES string of the molecule is COC(=O)N1CCC(Nc2ccc(-n3ncc(Cl)c(Cl)c3=O)cc2Cl)CC1. The van der Waals surface area contributed by atoms with Crippen molar-refractivity contribution in [2.45, 2.75) is 18.9 Å². The summed E-state index contributed by atoms with van der Waals surface area (Å²) in [5.41, 5.74) is 0.704. The van der Waals surface area contributed by atoms with E-state index in [4.69, 9.17) is 39.5 Å². The molecule has 27 heavy (non-hydrogen) atoms. The summed E-state index contributed by atoms with van der Waals surface area (Å²) >= 11 is 18.1. The molecule has 1 N–H and O–H groups in total. The topological polar surface area (TPSA) is 76.5 Å². The zero-order valence-electron chi connectivity index (χ0n) is 14.4. The predicted molar refractivity (Wildman–Crippen MR) is 105 cm³/mol. The number of carbonyl (C=O) groups is 1. The molecule has 2 heterocycles. The van der Waals surface area contributed by atoms with E-state index in [2.05, 4.69) is 10.4 Å². The number of piperidine rings is 1. The van der Waals surface area contributed by atoms with Crippen molar-refractivity contribution in [1.82, 2.24) is 14.7 Å². The number of aromatic nitrogens is 2. The molecule has 7 nitrogen and oxygen atoms in total. The number of nitrogens with zero attached hydrogens (tertiary/aromatic N) is 3. The van der Waals surface area contributed by atoms with Gasteiger partial charge in [0, 0.05) is 19.1 Å². The van der Waals surface area contributed by atoms with E-state index in [1.807, 2.05) is 0 Å². The van der Waals surface area contributed by atoms with Gasteiger partial charge in [-0.3, -0.25) is 4.79 Å². The fraction of sp³-hybridized carbons (Fsp3) is 0.353. The van der Waals surface area contributed by atoms with Gasteiger partial charge < -0.3 is 15.0 Å². The van der Waals surface area contributed by atoms with Crippen LogP contribution in [-0.2, 0) is 4.74 Å². The molecule has 1 fully saturated rings. The average Bonchev–Trinajstić information content (AvgIpc) is 2.68. The molecule has 1 saturated heterocycles. The van der Waals surface area contributed by atoms with Gasteiger partial charge in [-0.05, 0) is 31.0 Å². The fourth-order valence-electron chi connectivity index (χ4n) is 2.90. The number of amides is 1. The molecule has 0 aliphatic carbocycles. The molecule has 144 valence electrons. The molecule has 0 saturated carbocycles. The zero-order chi connectivity index (χ0) is 19.6. The third-order valence-electron chi connectivity index (χ3n) is 4.36. The molecular formula is C17H17Cl3N4O3. The number of benzene rings is 1. The lowest BCUT2D eigenvalue weighted by atomic mass is 10.0. The molecule has 0 spiro atoms. The zero-order valence-corrected chi connectivity index (χ0v) is 16.7. The van der Waals surface area contributed by atoms with Crippen molar-refractivity contribution in [3.8, 4) is 5.69 Å². The number of ether oxygens (including phenoxy) is 1. The van der Waals surface area contributed by atoms with Crippen LogP contribution in [-0.4, -0.2) is 47.0 Å². The maximum Gasteiger partial charge on any atom is 0.409 e. The Morgan fingerprint density at radius 2 is 1.93 bits per heavy atom. The van der Waals surface area contributed by atoms with Gasteiger partial charge in [0.25, 0.3) is 5.56 Å². The van der Waals surface area contributed by atoms with Crippen LogP contribution in [0.25, 0.3) is 5.69 Å². The minimum absolute atomic E-state index is 0.0950. The Morgan fingerprint density at radius 1 is 1.22 bits per heavy atom. The number of likely N-dealkylation sites (tertiary alicyclic amines) is 1. The highest BCUT2D eigenvalue weighted by atomic mass is 35.5. The Bertz CT molecular complexity index is 911. The van der Waals surface area contributed by atoms with Crippen molar-refractivity contribution >= 4 is 46.6 Å². The number of methoxy groups -OCH3 is 1. The summed E-state index contributed by atoms with van der Waals surface area (Å²) in [5, 5.41) is 7.81. The highest BCUT2D eigenvalue weighted by Gasteiger charge is 2.23.